The van der Waals surface area contributed by atoms with Crippen LogP contribution in [0.4, 0.5) is 4.39 Å². The minimum Gasteiger partial charge on any atom is -0.497 e. The first-order valence-electron chi connectivity index (χ1n) is 6.96. The Morgan fingerprint density at radius 1 is 1.22 bits per heavy atom. The van der Waals surface area contributed by atoms with E-state index in [2.05, 4.69) is 10.1 Å². The summed E-state index contributed by atoms with van der Waals surface area (Å²) in [7, 11) is 1.59. The van der Waals surface area contributed by atoms with Gasteiger partial charge in [-0.05, 0) is 55.0 Å². The number of methoxy groups -OCH3 is 1. The first-order valence-corrected chi connectivity index (χ1v) is 6.96. The van der Waals surface area contributed by atoms with E-state index in [-0.39, 0.29) is 5.39 Å². The van der Waals surface area contributed by atoms with Crippen LogP contribution in [0, 0.1) is 12.7 Å². The summed E-state index contributed by atoms with van der Waals surface area (Å²) in [4.78, 5) is 16.7. The molecule has 3 rings (SSSR count). The van der Waals surface area contributed by atoms with Gasteiger partial charge in [0.25, 0.3) is 5.56 Å². The Morgan fingerprint density at radius 3 is 2.65 bits per heavy atom. The average Bonchev–Trinajstić information content (AvgIpc) is 2.56. The predicted octanol–water partition coefficient (Wildman–Crippen LogP) is 2.73. The minimum atomic E-state index is -0.481. The van der Waals surface area contributed by atoms with E-state index >= 15 is 0 Å². The van der Waals surface area contributed by atoms with Crippen molar-refractivity contribution in [2.75, 3.05) is 7.11 Å². The summed E-state index contributed by atoms with van der Waals surface area (Å²) in [6.45, 7) is 1.68. The second kappa shape index (κ2) is 6.00. The Balaban J connectivity index is 2.05. The lowest BCUT2D eigenvalue weighted by Gasteiger charge is -2.05. The fraction of sp³-hybridized carbons (Fsp3) is 0.118. The van der Waals surface area contributed by atoms with E-state index in [1.165, 1.54) is 18.2 Å². The maximum Gasteiger partial charge on any atom is 0.282 e. The molecule has 1 heterocycles. The van der Waals surface area contributed by atoms with Crippen molar-refractivity contribution in [3.63, 3.8) is 0 Å². The zero-order chi connectivity index (χ0) is 16.4. The molecular formula is C17H14FN3O2. The van der Waals surface area contributed by atoms with Gasteiger partial charge in [-0.1, -0.05) is 0 Å². The van der Waals surface area contributed by atoms with Crippen LogP contribution in [-0.2, 0) is 0 Å². The van der Waals surface area contributed by atoms with Crippen LogP contribution in [-0.4, -0.2) is 23.0 Å². The van der Waals surface area contributed by atoms with Crippen LogP contribution in [0.2, 0.25) is 0 Å². The number of fused-ring (bicyclic) bond motifs is 1. The number of aromatic nitrogens is 2. The van der Waals surface area contributed by atoms with Gasteiger partial charge in [0, 0.05) is 0 Å². The third kappa shape index (κ3) is 2.96. The van der Waals surface area contributed by atoms with Crippen molar-refractivity contribution < 1.29 is 9.13 Å². The van der Waals surface area contributed by atoms with Crippen LogP contribution in [0.1, 0.15) is 11.4 Å². The number of nitrogens with zero attached hydrogens (tertiary/aromatic N) is 3. The van der Waals surface area contributed by atoms with Gasteiger partial charge in [0.15, 0.2) is 0 Å². The largest absolute Gasteiger partial charge is 0.497 e. The molecule has 5 nitrogen and oxygen atoms in total. The highest BCUT2D eigenvalue weighted by Gasteiger charge is 2.08. The van der Waals surface area contributed by atoms with E-state index in [9.17, 15) is 9.18 Å². The molecule has 116 valence electrons. The summed E-state index contributed by atoms with van der Waals surface area (Å²) in [6.07, 6.45) is 1.54. The molecule has 0 aliphatic heterocycles. The molecule has 0 unspecified atom stereocenters. The van der Waals surface area contributed by atoms with E-state index in [4.69, 9.17) is 4.74 Å². The molecule has 3 aromatic rings. The molecule has 0 aliphatic carbocycles. The molecule has 0 N–H and O–H groups in total. The second-order valence-corrected chi connectivity index (χ2v) is 4.96. The molecule has 6 heteroatoms. The minimum absolute atomic E-state index is 0.197. The smallest absolute Gasteiger partial charge is 0.282 e. The van der Waals surface area contributed by atoms with Crippen molar-refractivity contribution in [1.29, 1.82) is 0 Å². The molecule has 0 saturated carbocycles. The van der Waals surface area contributed by atoms with Crippen molar-refractivity contribution in [1.82, 2.24) is 9.66 Å². The number of ether oxygens (including phenoxy) is 1. The van der Waals surface area contributed by atoms with Crippen LogP contribution in [0.3, 0.4) is 0 Å². The highest BCUT2D eigenvalue weighted by Crippen LogP contribution is 2.11. The predicted molar refractivity (Wildman–Crippen MR) is 86.7 cm³/mol. The molecule has 0 spiro atoms. The van der Waals surface area contributed by atoms with Gasteiger partial charge in [-0.25, -0.2) is 9.37 Å². The molecule has 0 aliphatic rings. The Morgan fingerprint density at radius 2 is 1.96 bits per heavy atom. The van der Waals surface area contributed by atoms with Crippen LogP contribution in [0.15, 0.2) is 52.4 Å². The highest BCUT2D eigenvalue weighted by molar-refractivity contribution is 5.80. The Labute approximate surface area is 131 Å². The normalized spacial score (nSPS) is 11.3. The van der Waals surface area contributed by atoms with Gasteiger partial charge in [0.2, 0.25) is 0 Å². The van der Waals surface area contributed by atoms with E-state index in [1.807, 2.05) is 12.1 Å². The van der Waals surface area contributed by atoms with Crippen molar-refractivity contribution in [2.45, 2.75) is 6.92 Å². The maximum atomic E-state index is 13.3. The number of hydrogen-bond acceptors (Lipinski definition) is 4. The van der Waals surface area contributed by atoms with Gasteiger partial charge < -0.3 is 4.74 Å². The van der Waals surface area contributed by atoms with Crippen molar-refractivity contribution in [3.05, 3.63) is 70.0 Å². The number of rotatable bonds is 3. The van der Waals surface area contributed by atoms with E-state index in [0.29, 0.717) is 11.3 Å². The SMILES string of the molecule is COc1ccc(C=Nn2c(C)nc3ccc(F)cc3c2=O)cc1. The van der Waals surface area contributed by atoms with Crippen LogP contribution >= 0.6 is 0 Å². The standard InChI is InChI=1S/C17H14FN3O2/c1-11-20-16-8-5-13(18)9-15(16)17(22)21(11)19-10-12-3-6-14(23-2)7-4-12/h3-10H,1-2H3. The zero-order valence-electron chi connectivity index (χ0n) is 12.7. The fourth-order valence-electron chi connectivity index (χ4n) is 2.21. The number of benzene rings is 2. The van der Waals surface area contributed by atoms with Crippen LogP contribution in [0.5, 0.6) is 5.75 Å². The molecule has 0 atom stereocenters. The topological polar surface area (TPSA) is 56.5 Å². The van der Waals surface area contributed by atoms with Crippen LogP contribution < -0.4 is 10.3 Å². The summed E-state index contributed by atoms with van der Waals surface area (Å²) < 4.78 is 19.6. The number of halogens is 1. The van der Waals surface area contributed by atoms with Gasteiger partial charge in [-0.3, -0.25) is 4.79 Å². The maximum absolute atomic E-state index is 13.3. The summed E-state index contributed by atoms with van der Waals surface area (Å²) in [5.41, 5.74) is 0.845. The highest BCUT2D eigenvalue weighted by atomic mass is 19.1. The molecule has 0 amide bonds. The molecular weight excluding hydrogens is 297 g/mol. The van der Waals surface area contributed by atoms with Gasteiger partial charge in [-0.2, -0.15) is 9.78 Å². The summed E-state index contributed by atoms with van der Waals surface area (Å²) in [6, 6.07) is 11.2. The quantitative estimate of drug-likeness (QED) is 0.699. The third-order valence-electron chi connectivity index (χ3n) is 3.41. The van der Waals surface area contributed by atoms with Crippen LogP contribution in [0.25, 0.3) is 10.9 Å². The average molecular weight is 311 g/mol. The monoisotopic (exact) mass is 311 g/mol. The Bertz CT molecular complexity index is 946. The molecule has 23 heavy (non-hydrogen) atoms. The second-order valence-electron chi connectivity index (χ2n) is 4.96. The van der Waals surface area contributed by atoms with Gasteiger partial charge >= 0.3 is 0 Å². The Hall–Kier alpha value is -3.02. The van der Waals surface area contributed by atoms with Crippen molar-refractivity contribution >= 4 is 17.1 Å². The first kappa shape index (κ1) is 14.9. The lowest BCUT2D eigenvalue weighted by atomic mass is 10.2. The van der Waals surface area contributed by atoms with E-state index in [0.717, 1.165) is 16.0 Å². The molecule has 0 radical (unpaired) electrons. The zero-order valence-corrected chi connectivity index (χ0v) is 12.7. The Kier molecular flexibility index (Phi) is 3.89. The fourth-order valence-corrected chi connectivity index (χ4v) is 2.21. The van der Waals surface area contributed by atoms with E-state index in [1.54, 1.807) is 32.4 Å². The third-order valence-corrected chi connectivity index (χ3v) is 3.41. The summed E-state index contributed by atoms with van der Waals surface area (Å²) >= 11 is 0. The van der Waals surface area contributed by atoms with E-state index < -0.39 is 11.4 Å². The van der Waals surface area contributed by atoms with Gasteiger partial charge in [0.1, 0.15) is 17.4 Å². The van der Waals surface area contributed by atoms with Crippen molar-refractivity contribution in [2.24, 2.45) is 5.10 Å². The molecule has 0 bridgehead atoms. The first-order chi connectivity index (χ1) is 11.1. The van der Waals surface area contributed by atoms with Crippen molar-refractivity contribution in [3.8, 4) is 5.75 Å². The molecule has 2 aromatic carbocycles. The molecule has 0 saturated heterocycles. The summed E-state index contributed by atoms with van der Waals surface area (Å²) in [5.74, 6) is 0.683. The lowest BCUT2D eigenvalue weighted by Crippen LogP contribution is -2.20. The summed E-state index contributed by atoms with van der Waals surface area (Å²) in [5, 5.41) is 4.36. The lowest BCUT2D eigenvalue weighted by molar-refractivity contribution is 0.415. The molecule has 0 fully saturated rings. The van der Waals surface area contributed by atoms with Gasteiger partial charge in [-0.15, -0.1) is 0 Å². The molecule has 1 aromatic heterocycles. The van der Waals surface area contributed by atoms with Gasteiger partial charge in [0.05, 0.1) is 24.2 Å². The number of hydrogen-bond donors (Lipinski definition) is 0. The number of aryl methyl sites for hydroxylation is 1.